The number of likely N-dealkylation sites (N-methyl/N-ethyl adjacent to an activating group) is 1. The molecule has 0 spiro atoms. The Morgan fingerprint density at radius 3 is 2.20 bits per heavy atom. The second kappa shape index (κ2) is 14.4. The predicted octanol–water partition coefficient (Wildman–Crippen LogP) is 6.20. The summed E-state index contributed by atoms with van der Waals surface area (Å²) in [6.07, 6.45) is 5.36. The molecule has 0 aromatic heterocycles. The molecule has 4 aromatic rings. The summed E-state index contributed by atoms with van der Waals surface area (Å²) in [5, 5.41) is 5.48. The number of fused-ring (bicyclic) bond motifs is 1. The van der Waals surface area contributed by atoms with Crippen LogP contribution >= 0.6 is 11.6 Å². The summed E-state index contributed by atoms with van der Waals surface area (Å²) in [5.74, 6) is -0.699. The second-order valence-electron chi connectivity index (χ2n) is 11.5. The lowest BCUT2D eigenvalue weighted by Crippen LogP contribution is -2.54. The summed E-state index contributed by atoms with van der Waals surface area (Å²) in [4.78, 5) is 29.8. The molecule has 44 heavy (non-hydrogen) atoms. The molecule has 2 amide bonds. The van der Waals surface area contributed by atoms with Crippen molar-refractivity contribution in [1.82, 2.24) is 14.5 Å². The Labute approximate surface area is 264 Å². The number of nitrogens with zero attached hydrogens (tertiary/aromatic N) is 2. The first-order chi connectivity index (χ1) is 21.2. The van der Waals surface area contributed by atoms with E-state index in [1.807, 2.05) is 66.7 Å². The van der Waals surface area contributed by atoms with Crippen LogP contribution in [-0.2, 0) is 32.6 Å². The SMILES string of the molecule is CN(CC(=O)N(Cc1ccc(Cl)cc1)[C@H](Cc1ccccc1)C(=O)NC1CCCCC1)S(=O)(=O)c1ccc2ccccc2c1. The van der Waals surface area contributed by atoms with Gasteiger partial charge in [-0.1, -0.05) is 104 Å². The number of carbonyl (C=O) groups is 2. The number of carbonyl (C=O) groups excluding carboxylic acids is 2. The maximum absolute atomic E-state index is 14.2. The van der Waals surface area contributed by atoms with E-state index < -0.39 is 28.5 Å². The highest BCUT2D eigenvalue weighted by Crippen LogP contribution is 2.23. The number of nitrogens with one attached hydrogen (secondary N) is 1. The van der Waals surface area contributed by atoms with Gasteiger partial charge in [-0.05, 0) is 59.0 Å². The summed E-state index contributed by atoms with van der Waals surface area (Å²) in [7, 11) is -2.60. The molecular weight excluding hydrogens is 594 g/mol. The van der Waals surface area contributed by atoms with Crippen molar-refractivity contribution in [1.29, 1.82) is 0 Å². The largest absolute Gasteiger partial charge is 0.352 e. The molecule has 0 heterocycles. The molecule has 9 heteroatoms. The molecule has 0 aliphatic heterocycles. The lowest BCUT2D eigenvalue weighted by molar-refractivity contribution is -0.141. The molecule has 1 aliphatic rings. The Balaban J connectivity index is 1.45. The lowest BCUT2D eigenvalue weighted by Gasteiger charge is -2.34. The van der Waals surface area contributed by atoms with E-state index in [1.165, 1.54) is 11.9 Å². The number of sulfonamides is 1. The first kappa shape index (κ1) is 31.7. The van der Waals surface area contributed by atoms with Crippen molar-refractivity contribution in [2.75, 3.05) is 13.6 Å². The summed E-state index contributed by atoms with van der Waals surface area (Å²) < 4.78 is 28.4. The molecule has 1 aliphatic carbocycles. The summed E-state index contributed by atoms with van der Waals surface area (Å²) >= 11 is 6.14. The quantitative estimate of drug-likeness (QED) is 0.213. The fourth-order valence-electron chi connectivity index (χ4n) is 5.76. The number of hydrogen-bond donors (Lipinski definition) is 1. The van der Waals surface area contributed by atoms with E-state index in [2.05, 4.69) is 5.32 Å². The second-order valence-corrected chi connectivity index (χ2v) is 13.9. The van der Waals surface area contributed by atoms with E-state index in [0.717, 1.165) is 58.3 Å². The van der Waals surface area contributed by atoms with Crippen LogP contribution in [0, 0.1) is 0 Å². The summed E-state index contributed by atoms with van der Waals surface area (Å²) in [6, 6.07) is 28.3. The Hall–Kier alpha value is -3.72. The molecule has 0 bridgehead atoms. The van der Waals surface area contributed by atoms with Crippen LogP contribution in [-0.4, -0.2) is 55.1 Å². The van der Waals surface area contributed by atoms with Crippen LogP contribution < -0.4 is 5.32 Å². The zero-order chi connectivity index (χ0) is 31.1. The van der Waals surface area contributed by atoms with E-state index in [-0.39, 0.29) is 23.4 Å². The average Bonchev–Trinajstić information content (AvgIpc) is 3.04. The number of amides is 2. The van der Waals surface area contributed by atoms with Crippen LogP contribution in [0.2, 0.25) is 5.02 Å². The molecule has 0 unspecified atom stereocenters. The van der Waals surface area contributed by atoms with Gasteiger partial charge < -0.3 is 10.2 Å². The number of hydrogen-bond acceptors (Lipinski definition) is 4. The van der Waals surface area contributed by atoms with Crippen LogP contribution in [0.15, 0.2) is 102 Å². The Morgan fingerprint density at radius 1 is 0.841 bits per heavy atom. The smallest absolute Gasteiger partial charge is 0.243 e. The minimum absolute atomic E-state index is 0.0537. The third-order valence-electron chi connectivity index (χ3n) is 8.28. The van der Waals surface area contributed by atoms with E-state index >= 15 is 0 Å². The Kier molecular flexibility index (Phi) is 10.4. The maximum atomic E-state index is 14.2. The molecule has 230 valence electrons. The number of halogens is 1. The third-order valence-corrected chi connectivity index (χ3v) is 10.3. The van der Waals surface area contributed by atoms with E-state index in [1.54, 1.807) is 30.3 Å². The van der Waals surface area contributed by atoms with Gasteiger partial charge in [0.1, 0.15) is 6.04 Å². The topological polar surface area (TPSA) is 86.8 Å². The molecule has 1 saturated carbocycles. The van der Waals surface area contributed by atoms with E-state index in [4.69, 9.17) is 11.6 Å². The van der Waals surface area contributed by atoms with E-state index in [9.17, 15) is 18.0 Å². The van der Waals surface area contributed by atoms with Crippen LogP contribution in [0.5, 0.6) is 0 Å². The highest BCUT2D eigenvalue weighted by molar-refractivity contribution is 7.89. The van der Waals surface area contributed by atoms with Gasteiger partial charge in [-0.3, -0.25) is 9.59 Å². The van der Waals surface area contributed by atoms with Gasteiger partial charge in [0, 0.05) is 31.1 Å². The first-order valence-electron chi connectivity index (χ1n) is 15.0. The Bertz CT molecular complexity index is 1690. The minimum Gasteiger partial charge on any atom is -0.352 e. The van der Waals surface area contributed by atoms with Crippen molar-refractivity contribution in [3.05, 3.63) is 113 Å². The van der Waals surface area contributed by atoms with Crippen molar-refractivity contribution in [3.63, 3.8) is 0 Å². The van der Waals surface area contributed by atoms with Gasteiger partial charge >= 0.3 is 0 Å². The van der Waals surface area contributed by atoms with Crippen molar-refractivity contribution in [2.24, 2.45) is 0 Å². The predicted molar refractivity (Wildman–Crippen MR) is 175 cm³/mol. The standard InChI is InChI=1S/C35H38ClN3O4S/c1-38(44(42,43)32-21-18-28-12-8-9-13-29(28)23-32)25-34(40)39(24-27-16-19-30(36)20-17-27)33(22-26-10-4-2-5-11-26)35(41)37-31-14-6-3-7-15-31/h2,4-5,8-13,16-21,23,31,33H,3,6-7,14-15,22,24-25H2,1H3,(H,37,41)/t33-/m1/s1. The van der Waals surface area contributed by atoms with Gasteiger partial charge in [0.25, 0.3) is 0 Å². The zero-order valence-corrected chi connectivity index (χ0v) is 26.4. The zero-order valence-electron chi connectivity index (χ0n) is 24.9. The molecule has 7 nitrogen and oxygen atoms in total. The maximum Gasteiger partial charge on any atom is 0.243 e. The fraction of sp³-hybridized carbons (Fsp3) is 0.314. The fourth-order valence-corrected chi connectivity index (χ4v) is 7.04. The van der Waals surface area contributed by atoms with Crippen LogP contribution in [0.3, 0.4) is 0 Å². The van der Waals surface area contributed by atoms with Gasteiger partial charge in [0.05, 0.1) is 11.4 Å². The van der Waals surface area contributed by atoms with Gasteiger partial charge in [-0.15, -0.1) is 0 Å². The van der Waals surface area contributed by atoms with Gasteiger partial charge in [-0.25, -0.2) is 8.42 Å². The molecule has 1 fully saturated rings. The third kappa shape index (κ3) is 7.86. The molecule has 1 N–H and O–H groups in total. The van der Waals surface area contributed by atoms with E-state index in [0.29, 0.717) is 11.4 Å². The van der Waals surface area contributed by atoms with Crippen molar-refractivity contribution < 1.29 is 18.0 Å². The van der Waals surface area contributed by atoms with Gasteiger partial charge in [0.15, 0.2) is 0 Å². The average molecular weight is 632 g/mol. The summed E-state index contributed by atoms with van der Waals surface area (Å²) in [5.41, 5.74) is 1.69. The minimum atomic E-state index is -4.00. The van der Waals surface area contributed by atoms with Crippen LogP contribution in [0.4, 0.5) is 0 Å². The molecule has 5 rings (SSSR count). The van der Waals surface area contributed by atoms with Crippen LogP contribution in [0.25, 0.3) is 10.8 Å². The van der Waals surface area contributed by atoms with Crippen molar-refractivity contribution in [3.8, 4) is 0 Å². The highest BCUT2D eigenvalue weighted by atomic mass is 35.5. The Morgan fingerprint density at radius 2 is 1.50 bits per heavy atom. The monoisotopic (exact) mass is 631 g/mol. The molecule has 4 aromatic carbocycles. The van der Waals surface area contributed by atoms with Crippen molar-refractivity contribution >= 4 is 44.2 Å². The first-order valence-corrected chi connectivity index (χ1v) is 16.9. The van der Waals surface area contributed by atoms with Crippen LogP contribution in [0.1, 0.15) is 43.2 Å². The number of rotatable bonds is 11. The molecular formula is C35H38ClN3O4S. The molecule has 0 radical (unpaired) electrons. The van der Waals surface area contributed by atoms with Gasteiger partial charge in [-0.2, -0.15) is 4.31 Å². The normalized spacial score (nSPS) is 14.8. The van der Waals surface area contributed by atoms with Gasteiger partial charge in [0.2, 0.25) is 21.8 Å². The molecule has 0 saturated heterocycles. The highest BCUT2D eigenvalue weighted by Gasteiger charge is 2.34. The molecule has 1 atom stereocenters. The summed E-state index contributed by atoms with van der Waals surface area (Å²) in [6.45, 7) is -0.305. The number of benzene rings is 4. The van der Waals surface area contributed by atoms with Crippen molar-refractivity contribution in [2.45, 2.75) is 62.0 Å². The lowest BCUT2D eigenvalue weighted by atomic mass is 9.94.